The predicted octanol–water partition coefficient (Wildman–Crippen LogP) is 2.65. The van der Waals surface area contributed by atoms with Gasteiger partial charge in [0.1, 0.15) is 11.5 Å². The summed E-state index contributed by atoms with van der Waals surface area (Å²) in [6, 6.07) is 12.5. The minimum absolute atomic E-state index is 0.147. The van der Waals surface area contributed by atoms with Crippen LogP contribution in [0.4, 0.5) is 0 Å². The van der Waals surface area contributed by atoms with Gasteiger partial charge in [0.25, 0.3) is 5.91 Å². The summed E-state index contributed by atoms with van der Waals surface area (Å²) >= 11 is 0. The summed E-state index contributed by atoms with van der Waals surface area (Å²) in [6.45, 7) is 2.36. The molecule has 0 saturated heterocycles. The third-order valence-electron chi connectivity index (χ3n) is 3.70. The molecule has 1 amide bonds. The van der Waals surface area contributed by atoms with Crippen LogP contribution in [0.2, 0.25) is 0 Å². The summed E-state index contributed by atoms with van der Waals surface area (Å²) in [7, 11) is 3.21. The number of benzene rings is 2. The van der Waals surface area contributed by atoms with Crippen LogP contribution >= 0.6 is 0 Å². The zero-order valence-electron chi connectivity index (χ0n) is 13.6. The lowest BCUT2D eigenvalue weighted by atomic mass is 10.1. The van der Waals surface area contributed by atoms with Crippen LogP contribution < -0.4 is 20.5 Å². The topological polar surface area (TPSA) is 73.6 Å². The molecule has 0 saturated carbocycles. The first-order valence-electron chi connectivity index (χ1n) is 7.40. The highest BCUT2D eigenvalue weighted by atomic mass is 16.5. The molecular formula is C18H22N2O3. The summed E-state index contributed by atoms with van der Waals surface area (Å²) in [6.07, 6.45) is 0. The number of nitrogens with two attached hydrogens (primary N) is 1. The molecule has 1 unspecified atom stereocenters. The lowest BCUT2D eigenvalue weighted by Crippen LogP contribution is -2.27. The van der Waals surface area contributed by atoms with E-state index in [0.29, 0.717) is 23.6 Å². The molecule has 23 heavy (non-hydrogen) atoms. The summed E-state index contributed by atoms with van der Waals surface area (Å²) in [5, 5.41) is 2.97. The van der Waals surface area contributed by atoms with Gasteiger partial charge in [-0.15, -0.1) is 0 Å². The number of ether oxygens (including phenoxy) is 2. The van der Waals surface area contributed by atoms with Crippen LogP contribution in [-0.4, -0.2) is 20.1 Å². The van der Waals surface area contributed by atoms with Gasteiger partial charge in [0.2, 0.25) is 0 Å². The highest BCUT2D eigenvalue weighted by Gasteiger charge is 2.16. The summed E-state index contributed by atoms with van der Waals surface area (Å²) in [5.74, 6) is 1.28. The van der Waals surface area contributed by atoms with Crippen molar-refractivity contribution in [3.63, 3.8) is 0 Å². The first-order valence-corrected chi connectivity index (χ1v) is 7.40. The van der Waals surface area contributed by atoms with Crippen molar-refractivity contribution in [2.45, 2.75) is 19.5 Å². The fourth-order valence-corrected chi connectivity index (χ4v) is 2.33. The molecule has 3 N–H and O–H groups in total. The molecule has 0 heterocycles. The molecule has 0 aliphatic rings. The predicted molar refractivity (Wildman–Crippen MR) is 89.8 cm³/mol. The van der Waals surface area contributed by atoms with Gasteiger partial charge < -0.3 is 20.5 Å². The average Bonchev–Trinajstić information content (AvgIpc) is 2.61. The van der Waals surface area contributed by atoms with Crippen LogP contribution in [0.3, 0.4) is 0 Å². The first-order chi connectivity index (χ1) is 11.1. The van der Waals surface area contributed by atoms with Crippen LogP contribution in [0.1, 0.15) is 34.5 Å². The Morgan fingerprint density at radius 3 is 2.39 bits per heavy atom. The normalized spacial score (nSPS) is 11.7. The van der Waals surface area contributed by atoms with Crippen molar-refractivity contribution in [2.75, 3.05) is 14.2 Å². The van der Waals surface area contributed by atoms with E-state index < -0.39 is 0 Å². The van der Waals surface area contributed by atoms with E-state index >= 15 is 0 Å². The van der Waals surface area contributed by atoms with Crippen molar-refractivity contribution in [1.82, 2.24) is 5.32 Å². The second-order valence-electron chi connectivity index (χ2n) is 5.20. The second-order valence-corrected chi connectivity index (χ2v) is 5.20. The van der Waals surface area contributed by atoms with Gasteiger partial charge in [-0.1, -0.05) is 12.1 Å². The Labute approximate surface area is 136 Å². The fraction of sp³-hybridized carbons (Fsp3) is 0.278. The van der Waals surface area contributed by atoms with Crippen molar-refractivity contribution in [2.24, 2.45) is 5.73 Å². The molecule has 0 bridgehead atoms. The highest BCUT2D eigenvalue weighted by Crippen LogP contribution is 2.29. The third kappa shape index (κ3) is 4.02. The number of hydrogen-bond donors (Lipinski definition) is 2. The molecular weight excluding hydrogens is 292 g/mol. The molecule has 2 rings (SSSR count). The minimum atomic E-state index is -0.221. The molecule has 0 aliphatic carbocycles. The van der Waals surface area contributed by atoms with Crippen molar-refractivity contribution >= 4 is 5.91 Å². The molecule has 5 heteroatoms. The first kappa shape index (κ1) is 16.8. The molecule has 2 aromatic rings. The number of carbonyl (C=O) groups excluding carboxylic acids is 1. The number of amides is 1. The number of hydrogen-bond acceptors (Lipinski definition) is 4. The lowest BCUT2D eigenvalue weighted by molar-refractivity contribution is 0.0939. The fourth-order valence-electron chi connectivity index (χ4n) is 2.33. The average molecular weight is 314 g/mol. The molecule has 0 aliphatic heterocycles. The number of nitrogens with one attached hydrogen (secondary N) is 1. The smallest absolute Gasteiger partial charge is 0.251 e. The highest BCUT2D eigenvalue weighted by molar-refractivity contribution is 5.94. The standard InChI is InChI=1S/C18H22N2O3/c1-12(16-10-15(22-2)8-9-17(16)23-3)20-18(21)14-6-4-13(11-19)5-7-14/h4-10,12H,11,19H2,1-3H3,(H,20,21). The van der Waals surface area contributed by atoms with Crippen molar-refractivity contribution in [3.05, 3.63) is 59.2 Å². The van der Waals surface area contributed by atoms with E-state index in [2.05, 4.69) is 5.32 Å². The van der Waals surface area contributed by atoms with E-state index in [1.807, 2.05) is 37.3 Å². The Kier molecular flexibility index (Phi) is 5.60. The maximum Gasteiger partial charge on any atom is 0.251 e. The van der Waals surface area contributed by atoms with E-state index in [1.54, 1.807) is 26.4 Å². The number of carbonyl (C=O) groups is 1. The molecule has 0 fully saturated rings. The minimum Gasteiger partial charge on any atom is -0.497 e. The Balaban J connectivity index is 2.17. The van der Waals surface area contributed by atoms with Gasteiger partial charge in [0.05, 0.1) is 20.3 Å². The third-order valence-corrected chi connectivity index (χ3v) is 3.70. The monoisotopic (exact) mass is 314 g/mol. The van der Waals surface area contributed by atoms with E-state index in [-0.39, 0.29) is 11.9 Å². The molecule has 2 aromatic carbocycles. The Hall–Kier alpha value is -2.53. The van der Waals surface area contributed by atoms with Crippen LogP contribution in [0.25, 0.3) is 0 Å². The Morgan fingerprint density at radius 2 is 1.83 bits per heavy atom. The largest absolute Gasteiger partial charge is 0.497 e. The van der Waals surface area contributed by atoms with Gasteiger partial charge in [-0.3, -0.25) is 4.79 Å². The molecule has 0 spiro atoms. The van der Waals surface area contributed by atoms with Gasteiger partial charge in [-0.25, -0.2) is 0 Å². The van der Waals surface area contributed by atoms with Crippen LogP contribution in [0.15, 0.2) is 42.5 Å². The zero-order valence-corrected chi connectivity index (χ0v) is 13.6. The van der Waals surface area contributed by atoms with Crippen molar-refractivity contribution in [1.29, 1.82) is 0 Å². The van der Waals surface area contributed by atoms with E-state index in [9.17, 15) is 4.79 Å². The number of rotatable bonds is 6. The molecule has 5 nitrogen and oxygen atoms in total. The lowest BCUT2D eigenvalue weighted by Gasteiger charge is -2.18. The Morgan fingerprint density at radius 1 is 1.13 bits per heavy atom. The quantitative estimate of drug-likeness (QED) is 0.859. The van der Waals surface area contributed by atoms with Crippen molar-refractivity contribution < 1.29 is 14.3 Å². The van der Waals surface area contributed by atoms with Gasteiger partial charge in [-0.05, 0) is 42.8 Å². The molecule has 1 atom stereocenters. The van der Waals surface area contributed by atoms with Gasteiger partial charge in [-0.2, -0.15) is 0 Å². The van der Waals surface area contributed by atoms with E-state index in [0.717, 1.165) is 11.1 Å². The second kappa shape index (κ2) is 7.65. The summed E-state index contributed by atoms with van der Waals surface area (Å²) < 4.78 is 10.6. The van der Waals surface area contributed by atoms with Gasteiger partial charge >= 0.3 is 0 Å². The van der Waals surface area contributed by atoms with Crippen LogP contribution in [-0.2, 0) is 6.54 Å². The van der Waals surface area contributed by atoms with E-state index in [4.69, 9.17) is 15.2 Å². The molecule has 0 aromatic heterocycles. The zero-order chi connectivity index (χ0) is 16.8. The summed E-state index contributed by atoms with van der Waals surface area (Å²) in [4.78, 5) is 12.4. The summed E-state index contributed by atoms with van der Waals surface area (Å²) in [5.41, 5.74) is 8.01. The van der Waals surface area contributed by atoms with Gasteiger partial charge in [0.15, 0.2) is 0 Å². The van der Waals surface area contributed by atoms with Crippen LogP contribution in [0.5, 0.6) is 11.5 Å². The maximum absolute atomic E-state index is 12.4. The van der Waals surface area contributed by atoms with Crippen LogP contribution in [0, 0.1) is 0 Å². The Bertz CT molecular complexity index is 668. The van der Waals surface area contributed by atoms with Crippen molar-refractivity contribution in [3.8, 4) is 11.5 Å². The number of methoxy groups -OCH3 is 2. The molecule has 0 radical (unpaired) electrons. The SMILES string of the molecule is COc1ccc(OC)c(C(C)NC(=O)c2ccc(CN)cc2)c1. The van der Waals surface area contributed by atoms with Gasteiger partial charge in [0, 0.05) is 17.7 Å². The molecule has 122 valence electrons. The van der Waals surface area contributed by atoms with E-state index in [1.165, 1.54) is 0 Å². The maximum atomic E-state index is 12.4.